The second-order valence-electron chi connectivity index (χ2n) is 6.67. The average molecular weight is 350 g/mol. The molecular formula is C20H22N4O2. The minimum Gasteiger partial charge on any atom is -0.460 e. The first-order valence-electron chi connectivity index (χ1n) is 8.88. The Morgan fingerprint density at radius 2 is 2.00 bits per heavy atom. The van der Waals surface area contributed by atoms with Crippen molar-refractivity contribution < 1.29 is 9.21 Å². The number of aromatic amines is 1. The van der Waals surface area contributed by atoms with E-state index in [1.165, 1.54) is 11.1 Å². The van der Waals surface area contributed by atoms with Crippen LogP contribution in [0.15, 0.2) is 46.9 Å². The molecule has 0 saturated heterocycles. The predicted octanol–water partition coefficient (Wildman–Crippen LogP) is 3.11. The summed E-state index contributed by atoms with van der Waals surface area (Å²) in [6.45, 7) is 5.47. The van der Waals surface area contributed by atoms with Gasteiger partial charge in [0.25, 0.3) is 5.91 Å². The maximum Gasteiger partial charge on any atom is 0.271 e. The highest BCUT2D eigenvalue weighted by Crippen LogP contribution is 2.22. The molecule has 0 atom stereocenters. The Morgan fingerprint density at radius 3 is 2.69 bits per heavy atom. The molecule has 6 heteroatoms. The van der Waals surface area contributed by atoms with Crippen molar-refractivity contribution in [1.29, 1.82) is 0 Å². The van der Waals surface area contributed by atoms with Crippen molar-refractivity contribution in [3.63, 3.8) is 0 Å². The van der Waals surface area contributed by atoms with Crippen LogP contribution in [-0.4, -0.2) is 34.1 Å². The van der Waals surface area contributed by atoms with Gasteiger partial charge in [0.2, 0.25) is 0 Å². The maximum atomic E-state index is 12.2. The average Bonchev–Trinajstić information content (AvgIpc) is 3.36. The van der Waals surface area contributed by atoms with Crippen LogP contribution in [0.5, 0.6) is 0 Å². The highest BCUT2D eigenvalue weighted by molar-refractivity contribution is 5.93. The SMILES string of the molecule is Cc1ccc(-c2cc(C(=O)NCCCN3Cc4ccccc4C3)n[nH]2)o1. The van der Waals surface area contributed by atoms with Gasteiger partial charge in [-0.2, -0.15) is 5.10 Å². The van der Waals surface area contributed by atoms with Crippen LogP contribution in [0.25, 0.3) is 11.5 Å². The third-order valence-corrected chi connectivity index (χ3v) is 4.66. The molecule has 1 aliphatic rings. The molecule has 0 spiro atoms. The quantitative estimate of drug-likeness (QED) is 0.670. The number of hydrogen-bond donors (Lipinski definition) is 2. The second-order valence-corrected chi connectivity index (χ2v) is 6.67. The Kier molecular flexibility index (Phi) is 4.58. The molecule has 6 nitrogen and oxygen atoms in total. The molecule has 0 unspecified atom stereocenters. The Hall–Kier alpha value is -2.86. The molecule has 0 fully saturated rings. The fourth-order valence-electron chi connectivity index (χ4n) is 3.30. The van der Waals surface area contributed by atoms with Crippen molar-refractivity contribution in [3.8, 4) is 11.5 Å². The summed E-state index contributed by atoms with van der Waals surface area (Å²) in [5.41, 5.74) is 3.91. The topological polar surface area (TPSA) is 74.2 Å². The van der Waals surface area contributed by atoms with Crippen molar-refractivity contribution >= 4 is 5.91 Å². The molecule has 1 aromatic carbocycles. The Labute approximate surface area is 152 Å². The van der Waals surface area contributed by atoms with E-state index in [4.69, 9.17) is 4.42 Å². The number of aryl methyl sites for hydroxylation is 1. The first-order valence-corrected chi connectivity index (χ1v) is 8.88. The van der Waals surface area contributed by atoms with E-state index in [-0.39, 0.29) is 5.91 Å². The first kappa shape index (κ1) is 16.6. The van der Waals surface area contributed by atoms with Crippen LogP contribution in [0, 0.1) is 6.92 Å². The van der Waals surface area contributed by atoms with Gasteiger partial charge in [0, 0.05) is 32.2 Å². The summed E-state index contributed by atoms with van der Waals surface area (Å²) in [5, 5.41) is 9.86. The molecule has 0 bridgehead atoms. The van der Waals surface area contributed by atoms with Crippen LogP contribution < -0.4 is 5.32 Å². The van der Waals surface area contributed by atoms with Gasteiger partial charge in [-0.25, -0.2) is 0 Å². The summed E-state index contributed by atoms with van der Waals surface area (Å²) in [6, 6.07) is 14.0. The molecule has 3 heterocycles. The minimum atomic E-state index is -0.166. The second kappa shape index (κ2) is 7.17. The molecule has 1 amide bonds. The van der Waals surface area contributed by atoms with Gasteiger partial charge in [0.15, 0.2) is 11.5 Å². The van der Waals surface area contributed by atoms with Gasteiger partial charge in [-0.1, -0.05) is 24.3 Å². The van der Waals surface area contributed by atoms with E-state index >= 15 is 0 Å². The Morgan fingerprint density at radius 1 is 1.23 bits per heavy atom. The van der Waals surface area contributed by atoms with E-state index in [1.54, 1.807) is 6.07 Å². The monoisotopic (exact) mass is 350 g/mol. The Balaban J connectivity index is 1.23. The molecule has 1 aliphatic heterocycles. The molecular weight excluding hydrogens is 328 g/mol. The van der Waals surface area contributed by atoms with E-state index in [1.807, 2.05) is 19.1 Å². The summed E-state index contributed by atoms with van der Waals surface area (Å²) >= 11 is 0. The number of rotatable bonds is 6. The lowest BCUT2D eigenvalue weighted by Crippen LogP contribution is -2.28. The number of carbonyl (C=O) groups excluding carboxylic acids is 1. The van der Waals surface area contributed by atoms with Crippen molar-refractivity contribution in [2.24, 2.45) is 0 Å². The molecule has 2 N–H and O–H groups in total. The van der Waals surface area contributed by atoms with Crippen LogP contribution in [0.2, 0.25) is 0 Å². The van der Waals surface area contributed by atoms with Crippen LogP contribution >= 0.6 is 0 Å². The van der Waals surface area contributed by atoms with E-state index < -0.39 is 0 Å². The minimum absolute atomic E-state index is 0.166. The lowest BCUT2D eigenvalue weighted by Gasteiger charge is -2.14. The summed E-state index contributed by atoms with van der Waals surface area (Å²) in [7, 11) is 0. The van der Waals surface area contributed by atoms with Gasteiger partial charge in [0.05, 0.1) is 0 Å². The highest BCUT2D eigenvalue weighted by atomic mass is 16.3. The van der Waals surface area contributed by atoms with Crippen molar-refractivity contribution in [3.05, 3.63) is 65.0 Å². The van der Waals surface area contributed by atoms with E-state index in [0.29, 0.717) is 23.7 Å². The zero-order valence-electron chi connectivity index (χ0n) is 14.8. The molecule has 4 rings (SSSR count). The van der Waals surface area contributed by atoms with Crippen molar-refractivity contribution in [2.45, 2.75) is 26.4 Å². The smallest absolute Gasteiger partial charge is 0.271 e. The van der Waals surface area contributed by atoms with Crippen LogP contribution in [0.4, 0.5) is 0 Å². The van der Waals surface area contributed by atoms with E-state index in [0.717, 1.165) is 31.8 Å². The van der Waals surface area contributed by atoms with E-state index in [9.17, 15) is 4.79 Å². The third kappa shape index (κ3) is 3.55. The van der Waals surface area contributed by atoms with Gasteiger partial charge in [0.1, 0.15) is 11.5 Å². The molecule has 134 valence electrons. The number of carbonyl (C=O) groups is 1. The standard InChI is InChI=1S/C20H22N4O2/c1-14-7-8-19(26-14)17-11-18(23-22-17)20(25)21-9-4-10-24-12-15-5-2-3-6-16(15)13-24/h2-3,5-8,11H,4,9-10,12-13H2,1H3,(H,21,25)(H,22,23). The summed E-state index contributed by atoms with van der Waals surface area (Å²) < 4.78 is 5.54. The molecule has 3 aromatic rings. The molecule has 0 radical (unpaired) electrons. The van der Waals surface area contributed by atoms with Gasteiger partial charge >= 0.3 is 0 Å². The van der Waals surface area contributed by atoms with Crippen molar-refractivity contribution in [1.82, 2.24) is 20.4 Å². The number of furan rings is 1. The maximum absolute atomic E-state index is 12.2. The zero-order valence-corrected chi connectivity index (χ0v) is 14.8. The van der Waals surface area contributed by atoms with Gasteiger partial charge < -0.3 is 9.73 Å². The van der Waals surface area contributed by atoms with Crippen LogP contribution in [-0.2, 0) is 13.1 Å². The molecule has 0 saturated carbocycles. The van der Waals surface area contributed by atoms with Crippen LogP contribution in [0.3, 0.4) is 0 Å². The Bertz CT molecular complexity index is 887. The largest absolute Gasteiger partial charge is 0.460 e. The number of nitrogens with one attached hydrogen (secondary N) is 2. The molecule has 26 heavy (non-hydrogen) atoms. The molecule has 0 aliphatic carbocycles. The summed E-state index contributed by atoms with van der Waals surface area (Å²) in [5.74, 6) is 1.34. The highest BCUT2D eigenvalue weighted by Gasteiger charge is 2.17. The summed E-state index contributed by atoms with van der Waals surface area (Å²) in [4.78, 5) is 14.6. The van der Waals surface area contributed by atoms with Gasteiger partial charge in [-0.3, -0.25) is 14.8 Å². The fraction of sp³-hybridized carbons (Fsp3) is 0.300. The van der Waals surface area contributed by atoms with E-state index in [2.05, 4.69) is 44.7 Å². The lowest BCUT2D eigenvalue weighted by atomic mass is 10.1. The van der Waals surface area contributed by atoms with Gasteiger partial charge in [-0.05, 0) is 36.6 Å². The number of nitrogens with zero attached hydrogens (tertiary/aromatic N) is 2. The molecule has 2 aromatic heterocycles. The zero-order chi connectivity index (χ0) is 17.9. The normalized spacial score (nSPS) is 13.7. The fourth-order valence-corrected chi connectivity index (χ4v) is 3.30. The summed E-state index contributed by atoms with van der Waals surface area (Å²) in [6.07, 6.45) is 0.911. The third-order valence-electron chi connectivity index (χ3n) is 4.66. The lowest BCUT2D eigenvalue weighted by molar-refractivity contribution is 0.0946. The number of benzene rings is 1. The van der Waals surface area contributed by atoms with Gasteiger partial charge in [-0.15, -0.1) is 0 Å². The van der Waals surface area contributed by atoms with Crippen molar-refractivity contribution in [2.75, 3.05) is 13.1 Å². The number of aromatic nitrogens is 2. The number of H-pyrrole nitrogens is 1. The number of fused-ring (bicyclic) bond motifs is 1. The first-order chi connectivity index (χ1) is 12.7. The van der Waals surface area contributed by atoms with Crippen LogP contribution in [0.1, 0.15) is 33.8 Å². The number of hydrogen-bond acceptors (Lipinski definition) is 4. The predicted molar refractivity (Wildman–Crippen MR) is 98.5 cm³/mol. The number of amides is 1.